The molecule has 10 nitrogen and oxygen atoms in total. The van der Waals surface area contributed by atoms with Crippen molar-refractivity contribution in [1.29, 1.82) is 0 Å². The predicted molar refractivity (Wildman–Crippen MR) is 157 cm³/mol. The molecule has 0 aliphatic carbocycles. The molecular formula is C32H30F4N4O6. The van der Waals surface area contributed by atoms with E-state index >= 15 is 0 Å². The van der Waals surface area contributed by atoms with E-state index in [0.29, 0.717) is 10.9 Å². The topological polar surface area (TPSA) is 157 Å². The molecule has 5 rings (SSSR count). The summed E-state index contributed by atoms with van der Waals surface area (Å²) in [5.74, 6) is -2.45. The third kappa shape index (κ3) is 6.05. The summed E-state index contributed by atoms with van der Waals surface area (Å²) >= 11 is 0. The van der Waals surface area contributed by atoms with Gasteiger partial charge in [-0.2, -0.15) is 13.2 Å². The number of alkyl halides is 3. The summed E-state index contributed by atoms with van der Waals surface area (Å²) in [7, 11) is 0. The van der Waals surface area contributed by atoms with E-state index in [9.17, 15) is 37.4 Å². The van der Waals surface area contributed by atoms with Crippen molar-refractivity contribution in [2.75, 3.05) is 19.8 Å². The Labute approximate surface area is 260 Å². The minimum absolute atomic E-state index is 0.0476. The van der Waals surface area contributed by atoms with Crippen LogP contribution in [-0.4, -0.2) is 63.5 Å². The van der Waals surface area contributed by atoms with Gasteiger partial charge in [-0.05, 0) is 69.3 Å². The van der Waals surface area contributed by atoms with Crippen LogP contribution in [0.1, 0.15) is 42.4 Å². The molecule has 242 valence electrons. The highest BCUT2D eigenvalue weighted by Gasteiger charge is 2.57. The number of ether oxygens (including phenoxy) is 2. The molecule has 0 saturated carbocycles. The first-order valence-corrected chi connectivity index (χ1v) is 14.0. The van der Waals surface area contributed by atoms with Crippen molar-refractivity contribution in [2.24, 2.45) is 5.73 Å². The summed E-state index contributed by atoms with van der Waals surface area (Å²) in [6.07, 6.45) is -3.90. The van der Waals surface area contributed by atoms with Crippen molar-refractivity contribution in [2.45, 2.75) is 43.6 Å². The second kappa shape index (κ2) is 11.5. The van der Waals surface area contributed by atoms with Crippen molar-refractivity contribution >= 4 is 22.7 Å². The van der Waals surface area contributed by atoms with Gasteiger partial charge in [-0.25, -0.2) is 9.37 Å². The lowest BCUT2D eigenvalue weighted by atomic mass is 9.81. The number of nitrogens with one attached hydrogen (secondary N) is 1. The number of hydrogen-bond donors (Lipinski definition) is 4. The molecule has 5 N–H and O–H groups in total. The summed E-state index contributed by atoms with van der Waals surface area (Å²) in [5, 5.41) is 24.0. The van der Waals surface area contributed by atoms with Crippen LogP contribution >= 0.6 is 0 Å². The van der Waals surface area contributed by atoms with E-state index < -0.39 is 52.7 Å². The predicted octanol–water partition coefficient (Wildman–Crippen LogP) is 3.90. The third-order valence-electron chi connectivity index (χ3n) is 7.64. The lowest BCUT2D eigenvalue weighted by Crippen LogP contribution is -2.51. The van der Waals surface area contributed by atoms with E-state index in [2.05, 4.69) is 15.3 Å². The van der Waals surface area contributed by atoms with E-state index in [1.54, 1.807) is 12.1 Å². The van der Waals surface area contributed by atoms with E-state index in [4.69, 9.17) is 15.2 Å². The van der Waals surface area contributed by atoms with Crippen LogP contribution in [0.2, 0.25) is 0 Å². The number of benzene rings is 2. The zero-order chi connectivity index (χ0) is 33.7. The summed E-state index contributed by atoms with van der Waals surface area (Å²) in [5.41, 5.74) is -1.82. The van der Waals surface area contributed by atoms with E-state index in [-0.39, 0.29) is 47.1 Å². The van der Waals surface area contributed by atoms with Crippen LogP contribution in [-0.2, 0) is 15.8 Å². The molecule has 0 fully saturated rings. The molecule has 2 aromatic carbocycles. The van der Waals surface area contributed by atoms with Crippen LogP contribution < -0.4 is 20.5 Å². The number of halogens is 4. The van der Waals surface area contributed by atoms with Crippen molar-refractivity contribution < 1.29 is 46.8 Å². The zero-order valence-corrected chi connectivity index (χ0v) is 24.9. The second-order valence-electron chi connectivity index (χ2n) is 11.9. The Morgan fingerprint density at radius 2 is 1.80 bits per heavy atom. The summed E-state index contributed by atoms with van der Waals surface area (Å²) in [6.45, 7) is 2.51. The van der Waals surface area contributed by atoms with Gasteiger partial charge in [0, 0.05) is 28.3 Å². The average Bonchev–Trinajstić information content (AvgIpc) is 3.35. The molecule has 4 aromatic rings. The number of rotatable bonds is 9. The number of fused-ring (bicyclic) bond motifs is 2. The van der Waals surface area contributed by atoms with Gasteiger partial charge >= 0.3 is 6.18 Å². The van der Waals surface area contributed by atoms with Crippen LogP contribution in [0.3, 0.4) is 0 Å². The minimum atomic E-state index is -5.39. The fourth-order valence-corrected chi connectivity index (χ4v) is 4.90. The van der Waals surface area contributed by atoms with Crippen molar-refractivity contribution in [3.63, 3.8) is 0 Å². The van der Waals surface area contributed by atoms with Gasteiger partial charge in [-0.15, -0.1) is 0 Å². The number of carbonyl (C=O) groups excluding carboxylic acids is 2. The maximum Gasteiger partial charge on any atom is 0.424 e. The summed E-state index contributed by atoms with van der Waals surface area (Å²) < 4.78 is 69.3. The molecule has 1 unspecified atom stereocenters. The van der Waals surface area contributed by atoms with Crippen LogP contribution in [0.4, 0.5) is 17.6 Å². The molecule has 0 spiro atoms. The molecule has 1 aliphatic rings. The van der Waals surface area contributed by atoms with E-state index in [0.717, 1.165) is 18.2 Å². The third-order valence-corrected chi connectivity index (χ3v) is 7.64. The Balaban J connectivity index is 1.56. The Morgan fingerprint density at radius 1 is 1.11 bits per heavy atom. The molecule has 2 atom stereocenters. The normalized spacial score (nSPS) is 17.6. The van der Waals surface area contributed by atoms with Gasteiger partial charge in [0.05, 0.1) is 17.8 Å². The van der Waals surface area contributed by atoms with Crippen LogP contribution in [0.15, 0.2) is 60.8 Å². The zero-order valence-electron chi connectivity index (χ0n) is 24.9. The molecule has 3 heterocycles. The number of primary amides is 1. The molecule has 2 amide bonds. The standard InChI is InChI=1S/C32H30F4N4O6/c1-29(2,43)15-45-22-12-19(11-18-5-4-10-38-24(18)22)27(41)39-14-31(44,32(34,35)36)23-13-21-26(46-16-30(21,3)28(37)42)25(40-23)17-6-8-20(33)9-7-17/h4-13,43-44H,14-16H2,1-3H3,(H2,37,42)(H,39,41)/t30-,31?/m0/s1. The first kappa shape index (κ1) is 32.6. The van der Waals surface area contributed by atoms with Crippen LogP contribution in [0.5, 0.6) is 11.5 Å². The lowest BCUT2D eigenvalue weighted by Gasteiger charge is -2.31. The first-order chi connectivity index (χ1) is 21.4. The van der Waals surface area contributed by atoms with Gasteiger partial charge in [-0.3, -0.25) is 14.6 Å². The average molecular weight is 643 g/mol. The maximum absolute atomic E-state index is 14.8. The highest BCUT2D eigenvalue weighted by Crippen LogP contribution is 2.47. The van der Waals surface area contributed by atoms with Crippen LogP contribution in [0, 0.1) is 5.82 Å². The Hall–Kier alpha value is -4.82. The van der Waals surface area contributed by atoms with Gasteiger partial charge < -0.3 is 30.7 Å². The fraction of sp³-hybridized carbons (Fsp3) is 0.312. The fourth-order valence-electron chi connectivity index (χ4n) is 4.90. The largest absolute Gasteiger partial charge is 0.489 e. The molecule has 1 aliphatic heterocycles. The number of nitrogens with two attached hydrogens (primary N) is 1. The minimum Gasteiger partial charge on any atom is -0.489 e. The number of carbonyl (C=O) groups is 2. The maximum atomic E-state index is 14.8. The van der Waals surface area contributed by atoms with Crippen LogP contribution in [0.25, 0.3) is 22.2 Å². The lowest BCUT2D eigenvalue weighted by molar-refractivity contribution is -0.265. The molecule has 0 bridgehead atoms. The second-order valence-corrected chi connectivity index (χ2v) is 11.9. The van der Waals surface area contributed by atoms with Gasteiger partial charge in [0.15, 0.2) is 0 Å². The Morgan fingerprint density at radius 3 is 2.43 bits per heavy atom. The number of nitrogens with zero attached hydrogens (tertiary/aromatic N) is 2. The molecule has 2 aromatic heterocycles. The molecule has 0 radical (unpaired) electrons. The Bertz CT molecular complexity index is 1830. The van der Waals surface area contributed by atoms with Gasteiger partial charge in [0.25, 0.3) is 5.91 Å². The highest BCUT2D eigenvalue weighted by molar-refractivity contribution is 6.00. The van der Waals surface area contributed by atoms with Crippen molar-refractivity contribution in [3.05, 3.63) is 83.4 Å². The SMILES string of the molecule is CC(C)(O)COc1cc(C(=O)NCC(O)(c2cc3c(c(-c4ccc(F)cc4)n2)OC[C@]3(C)C(N)=O)C(F)(F)F)cc2cccnc12. The van der Waals surface area contributed by atoms with E-state index in [1.807, 2.05) is 0 Å². The van der Waals surface area contributed by atoms with Gasteiger partial charge in [-0.1, -0.05) is 6.07 Å². The quantitative estimate of drug-likeness (QED) is 0.200. The number of aromatic nitrogens is 2. The summed E-state index contributed by atoms with van der Waals surface area (Å²) in [6, 6.07) is 11.4. The smallest absolute Gasteiger partial charge is 0.424 e. The molecule has 46 heavy (non-hydrogen) atoms. The highest BCUT2D eigenvalue weighted by atomic mass is 19.4. The molecule has 14 heteroatoms. The van der Waals surface area contributed by atoms with Gasteiger partial charge in [0.1, 0.15) is 47.2 Å². The number of hydrogen-bond acceptors (Lipinski definition) is 8. The molecular weight excluding hydrogens is 612 g/mol. The number of pyridine rings is 2. The van der Waals surface area contributed by atoms with Crippen molar-refractivity contribution in [3.8, 4) is 22.8 Å². The monoisotopic (exact) mass is 642 g/mol. The first-order valence-electron chi connectivity index (χ1n) is 14.0. The number of aliphatic hydroxyl groups is 2. The molecule has 0 saturated heterocycles. The Kier molecular flexibility index (Phi) is 8.15. The number of amides is 2. The van der Waals surface area contributed by atoms with E-state index in [1.165, 1.54) is 51.2 Å². The van der Waals surface area contributed by atoms with Crippen molar-refractivity contribution in [1.82, 2.24) is 15.3 Å². The summed E-state index contributed by atoms with van der Waals surface area (Å²) in [4.78, 5) is 34.0. The van der Waals surface area contributed by atoms with Gasteiger partial charge in [0.2, 0.25) is 11.5 Å².